The number of nitrogens with zero attached hydrogens (tertiary/aromatic N) is 4. The fourth-order valence-electron chi connectivity index (χ4n) is 3.94. The van der Waals surface area contributed by atoms with Crippen LogP contribution in [-0.4, -0.2) is 44.9 Å². The summed E-state index contributed by atoms with van der Waals surface area (Å²) in [6, 6.07) is 6.18. The maximum atomic E-state index is 12.5. The van der Waals surface area contributed by atoms with E-state index in [1.54, 1.807) is 24.9 Å². The first-order valence-corrected chi connectivity index (χ1v) is 8.42. The van der Waals surface area contributed by atoms with Crippen molar-refractivity contribution < 1.29 is 4.79 Å². The SMILES string of the molecule is O=C(Cc1cccnc1)N1CCC2(CC(Nc3ccncn3)C2)C1. The van der Waals surface area contributed by atoms with Crippen LogP contribution in [0.4, 0.5) is 5.82 Å². The molecule has 2 aliphatic rings. The number of anilines is 1. The van der Waals surface area contributed by atoms with E-state index in [0.29, 0.717) is 17.9 Å². The fourth-order valence-corrected chi connectivity index (χ4v) is 3.94. The van der Waals surface area contributed by atoms with Crippen LogP contribution in [0.1, 0.15) is 24.8 Å². The summed E-state index contributed by atoms with van der Waals surface area (Å²) in [6.07, 6.45) is 10.6. The fraction of sp³-hybridized carbons (Fsp3) is 0.444. The topological polar surface area (TPSA) is 71.0 Å². The maximum absolute atomic E-state index is 12.5. The Kier molecular flexibility index (Phi) is 3.88. The summed E-state index contributed by atoms with van der Waals surface area (Å²) in [7, 11) is 0. The van der Waals surface area contributed by atoms with Crippen LogP contribution in [0.3, 0.4) is 0 Å². The van der Waals surface area contributed by atoms with E-state index in [2.05, 4.69) is 20.3 Å². The highest BCUT2D eigenvalue weighted by Crippen LogP contribution is 2.49. The predicted molar refractivity (Wildman–Crippen MR) is 90.2 cm³/mol. The molecule has 0 atom stereocenters. The summed E-state index contributed by atoms with van der Waals surface area (Å²) in [5.74, 6) is 1.10. The molecule has 0 radical (unpaired) electrons. The van der Waals surface area contributed by atoms with Crippen molar-refractivity contribution in [2.24, 2.45) is 5.41 Å². The number of carbonyl (C=O) groups excluding carboxylic acids is 1. The molecule has 0 unspecified atom stereocenters. The van der Waals surface area contributed by atoms with E-state index in [1.165, 1.54) is 0 Å². The molecule has 0 bridgehead atoms. The summed E-state index contributed by atoms with van der Waals surface area (Å²) in [5, 5.41) is 3.45. The molecule has 2 fully saturated rings. The first-order valence-electron chi connectivity index (χ1n) is 8.42. The Morgan fingerprint density at radius 1 is 1.29 bits per heavy atom. The van der Waals surface area contributed by atoms with E-state index in [1.807, 2.05) is 23.1 Å². The average Bonchev–Trinajstić information content (AvgIpc) is 3.02. The van der Waals surface area contributed by atoms with Gasteiger partial charge in [0, 0.05) is 37.7 Å². The van der Waals surface area contributed by atoms with Gasteiger partial charge in [-0.25, -0.2) is 9.97 Å². The van der Waals surface area contributed by atoms with Crippen molar-refractivity contribution in [3.63, 3.8) is 0 Å². The number of rotatable bonds is 4. The molecule has 1 aliphatic carbocycles. The van der Waals surface area contributed by atoms with Crippen LogP contribution in [0.25, 0.3) is 0 Å². The number of aromatic nitrogens is 3. The molecule has 1 saturated carbocycles. The molecule has 1 amide bonds. The van der Waals surface area contributed by atoms with Gasteiger partial charge in [0.25, 0.3) is 0 Å². The highest BCUT2D eigenvalue weighted by atomic mass is 16.2. The molecule has 1 saturated heterocycles. The lowest BCUT2D eigenvalue weighted by Gasteiger charge is -2.45. The Morgan fingerprint density at radius 3 is 2.96 bits per heavy atom. The Hall–Kier alpha value is -2.50. The Balaban J connectivity index is 1.29. The molecule has 124 valence electrons. The summed E-state index contributed by atoms with van der Waals surface area (Å²) in [4.78, 5) is 26.7. The third kappa shape index (κ3) is 3.09. The largest absolute Gasteiger partial charge is 0.367 e. The van der Waals surface area contributed by atoms with E-state index in [4.69, 9.17) is 0 Å². The number of hydrogen-bond acceptors (Lipinski definition) is 5. The van der Waals surface area contributed by atoms with Gasteiger partial charge in [-0.05, 0) is 42.4 Å². The van der Waals surface area contributed by atoms with Crippen molar-refractivity contribution in [3.05, 3.63) is 48.7 Å². The quantitative estimate of drug-likeness (QED) is 0.930. The smallest absolute Gasteiger partial charge is 0.227 e. The van der Waals surface area contributed by atoms with E-state index in [-0.39, 0.29) is 5.91 Å². The molecule has 1 N–H and O–H groups in total. The van der Waals surface area contributed by atoms with Gasteiger partial charge in [-0.15, -0.1) is 0 Å². The molecule has 3 heterocycles. The standard InChI is InChI=1S/C18H21N5O/c24-17(8-14-2-1-5-19-11-14)23-7-4-18(12-23)9-15(10-18)22-16-3-6-20-13-21-16/h1-3,5-6,11,13,15H,4,7-10,12H2,(H,20,21,22). The summed E-state index contributed by atoms with van der Waals surface area (Å²) in [5.41, 5.74) is 1.29. The van der Waals surface area contributed by atoms with E-state index >= 15 is 0 Å². The minimum atomic E-state index is 0.215. The zero-order valence-corrected chi connectivity index (χ0v) is 13.6. The number of nitrogens with one attached hydrogen (secondary N) is 1. The zero-order chi connectivity index (χ0) is 16.4. The first kappa shape index (κ1) is 15.1. The maximum Gasteiger partial charge on any atom is 0.227 e. The van der Waals surface area contributed by atoms with Crippen molar-refractivity contribution in [2.75, 3.05) is 18.4 Å². The second kappa shape index (κ2) is 6.19. The van der Waals surface area contributed by atoms with Gasteiger partial charge in [0.2, 0.25) is 5.91 Å². The molecular weight excluding hydrogens is 302 g/mol. The molecule has 2 aromatic heterocycles. The Labute approximate surface area is 141 Å². The van der Waals surface area contributed by atoms with Gasteiger partial charge in [-0.2, -0.15) is 0 Å². The number of pyridine rings is 1. The van der Waals surface area contributed by atoms with E-state index < -0.39 is 0 Å². The lowest BCUT2D eigenvalue weighted by Crippen LogP contribution is -2.47. The third-order valence-corrected chi connectivity index (χ3v) is 5.16. The highest BCUT2D eigenvalue weighted by molar-refractivity contribution is 5.79. The second-order valence-electron chi connectivity index (χ2n) is 6.95. The van der Waals surface area contributed by atoms with Crippen LogP contribution >= 0.6 is 0 Å². The van der Waals surface area contributed by atoms with Gasteiger partial charge in [-0.3, -0.25) is 9.78 Å². The van der Waals surface area contributed by atoms with Crippen LogP contribution < -0.4 is 5.32 Å². The highest BCUT2D eigenvalue weighted by Gasteiger charge is 2.49. The lowest BCUT2D eigenvalue weighted by molar-refractivity contribution is -0.130. The van der Waals surface area contributed by atoms with Crippen LogP contribution in [0.5, 0.6) is 0 Å². The Bertz CT molecular complexity index is 700. The molecule has 1 spiro atoms. The molecule has 1 aliphatic heterocycles. The molecule has 6 nitrogen and oxygen atoms in total. The minimum Gasteiger partial charge on any atom is -0.367 e. The van der Waals surface area contributed by atoms with Crippen LogP contribution in [0.2, 0.25) is 0 Å². The Morgan fingerprint density at radius 2 is 2.21 bits per heavy atom. The van der Waals surface area contributed by atoms with Gasteiger partial charge in [0.15, 0.2) is 0 Å². The average molecular weight is 323 g/mol. The number of amides is 1. The van der Waals surface area contributed by atoms with Gasteiger partial charge >= 0.3 is 0 Å². The van der Waals surface area contributed by atoms with Crippen LogP contribution in [-0.2, 0) is 11.2 Å². The number of carbonyl (C=O) groups is 1. The first-order chi connectivity index (χ1) is 11.7. The summed E-state index contributed by atoms with van der Waals surface area (Å²) in [6.45, 7) is 1.76. The van der Waals surface area contributed by atoms with Crippen molar-refractivity contribution >= 4 is 11.7 Å². The van der Waals surface area contributed by atoms with Crippen molar-refractivity contribution in [2.45, 2.75) is 31.7 Å². The third-order valence-electron chi connectivity index (χ3n) is 5.16. The number of likely N-dealkylation sites (tertiary alicyclic amines) is 1. The molecule has 4 rings (SSSR count). The molecule has 0 aromatic carbocycles. The van der Waals surface area contributed by atoms with Crippen LogP contribution in [0.15, 0.2) is 43.1 Å². The predicted octanol–water partition coefficient (Wildman–Crippen LogP) is 1.91. The monoisotopic (exact) mass is 323 g/mol. The van der Waals surface area contributed by atoms with E-state index in [0.717, 1.165) is 43.7 Å². The second-order valence-corrected chi connectivity index (χ2v) is 6.95. The molecule has 2 aromatic rings. The summed E-state index contributed by atoms with van der Waals surface area (Å²) >= 11 is 0. The van der Waals surface area contributed by atoms with Crippen molar-refractivity contribution in [1.29, 1.82) is 0 Å². The van der Waals surface area contributed by atoms with Gasteiger partial charge < -0.3 is 10.2 Å². The van der Waals surface area contributed by atoms with Gasteiger partial charge in [-0.1, -0.05) is 6.07 Å². The van der Waals surface area contributed by atoms with Gasteiger partial charge in [0.1, 0.15) is 12.1 Å². The normalized spacial score (nSPS) is 25.5. The molecule has 6 heteroatoms. The van der Waals surface area contributed by atoms with Crippen LogP contribution in [0, 0.1) is 5.41 Å². The van der Waals surface area contributed by atoms with E-state index in [9.17, 15) is 4.79 Å². The van der Waals surface area contributed by atoms with Crippen molar-refractivity contribution in [1.82, 2.24) is 19.9 Å². The summed E-state index contributed by atoms with van der Waals surface area (Å²) < 4.78 is 0. The minimum absolute atomic E-state index is 0.215. The molecule has 24 heavy (non-hydrogen) atoms. The van der Waals surface area contributed by atoms with Gasteiger partial charge in [0.05, 0.1) is 6.42 Å². The number of hydrogen-bond donors (Lipinski definition) is 1. The lowest BCUT2D eigenvalue weighted by atomic mass is 9.65. The zero-order valence-electron chi connectivity index (χ0n) is 13.6. The van der Waals surface area contributed by atoms with Crippen molar-refractivity contribution in [3.8, 4) is 0 Å². The molecular formula is C18H21N5O.